The summed E-state index contributed by atoms with van der Waals surface area (Å²) in [6, 6.07) is -0.466. The van der Waals surface area contributed by atoms with Crippen molar-refractivity contribution in [1.82, 2.24) is 4.90 Å². The number of hydrogen-bond donors (Lipinski definition) is 1. The second-order valence-electron chi connectivity index (χ2n) is 4.08. The molecule has 0 aromatic rings. The Morgan fingerprint density at radius 2 is 2.13 bits per heavy atom. The molecule has 1 heterocycles. The van der Waals surface area contributed by atoms with Crippen molar-refractivity contribution in [2.24, 2.45) is 5.92 Å². The number of carboxylic acid groups (broad SMARTS) is 1. The molecule has 4 nitrogen and oxygen atoms in total. The summed E-state index contributed by atoms with van der Waals surface area (Å²) < 4.78 is 0. The number of carbonyl (C=O) groups is 1. The minimum Gasteiger partial charge on any atom is -0.480 e. The summed E-state index contributed by atoms with van der Waals surface area (Å²) in [6.07, 6.45) is 5.49. The number of aliphatic carboxylic acids is 1. The zero-order chi connectivity index (χ0) is 11.4. The minimum atomic E-state index is -0.870. The molecule has 0 spiro atoms. The van der Waals surface area contributed by atoms with Gasteiger partial charge in [-0.15, -0.1) is 0 Å². The predicted octanol–water partition coefficient (Wildman–Crippen LogP) is 1.82. The van der Waals surface area contributed by atoms with Crippen LogP contribution in [-0.4, -0.2) is 28.1 Å². The molecule has 1 aliphatic heterocycles. The number of nitriles is 1. The Morgan fingerprint density at radius 1 is 1.53 bits per heavy atom. The van der Waals surface area contributed by atoms with Gasteiger partial charge in [-0.1, -0.05) is 26.7 Å². The molecule has 0 aromatic carbocycles. The van der Waals surface area contributed by atoms with E-state index < -0.39 is 12.0 Å². The zero-order valence-electron chi connectivity index (χ0n) is 9.31. The summed E-state index contributed by atoms with van der Waals surface area (Å²) >= 11 is 0. The molecular formula is C11H18N2O2. The summed E-state index contributed by atoms with van der Waals surface area (Å²) in [7, 11) is 0. The van der Waals surface area contributed by atoms with Crippen LogP contribution in [0.5, 0.6) is 0 Å². The van der Waals surface area contributed by atoms with Gasteiger partial charge in [0.2, 0.25) is 0 Å². The molecule has 1 saturated heterocycles. The summed E-state index contributed by atoms with van der Waals surface area (Å²) in [6.45, 7) is 4.19. The first-order valence-corrected chi connectivity index (χ1v) is 5.56. The lowest BCUT2D eigenvalue weighted by molar-refractivity contribution is -0.141. The van der Waals surface area contributed by atoms with Crippen molar-refractivity contribution in [3.8, 4) is 6.19 Å². The lowest BCUT2D eigenvalue weighted by Gasteiger charge is -2.28. The van der Waals surface area contributed by atoms with Gasteiger partial charge in [0, 0.05) is 6.04 Å². The van der Waals surface area contributed by atoms with E-state index in [4.69, 9.17) is 10.4 Å². The molecule has 2 unspecified atom stereocenters. The normalized spacial score (nSPS) is 25.6. The van der Waals surface area contributed by atoms with E-state index >= 15 is 0 Å². The number of rotatable bonds is 4. The maximum atomic E-state index is 10.9. The van der Waals surface area contributed by atoms with Crippen LogP contribution < -0.4 is 0 Å². The molecule has 1 fully saturated rings. The lowest BCUT2D eigenvalue weighted by atomic mass is 9.92. The summed E-state index contributed by atoms with van der Waals surface area (Å²) in [5.41, 5.74) is 0. The van der Waals surface area contributed by atoms with Gasteiger partial charge in [-0.25, -0.2) is 4.79 Å². The van der Waals surface area contributed by atoms with Crippen molar-refractivity contribution in [2.75, 3.05) is 0 Å². The van der Waals surface area contributed by atoms with E-state index in [1.807, 2.05) is 6.19 Å². The third kappa shape index (κ3) is 2.23. The quantitative estimate of drug-likeness (QED) is 0.719. The SMILES string of the molecule is CCC(CC)C1CCC(C(=O)O)N1C#N. The third-order valence-electron chi connectivity index (χ3n) is 3.42. The van der Waals surface area contributed by atoms with Gasteiger partial charge in [0.15, 0.2) is 6.19 Å². The molecule has 15 heavy (non-hydrogen) atoms. The van der Waals surface area contributed by atoms with Crippen LogP contribution in [0, 0.1) is 17.4 Å². The van der Waals surface area contributed by atoms with Gasteiger partial charge in [0.25, 0.3) is 0 Å². The van der Waals surface area contributed by atoms with Crippen molar-refractivity contribution < 1.29 is 9.90 Å². The second-order valence-corrected chi connectivity index (χ2v) is 4.08. The van der Waals surface area contributed by atoms with Crippen LogP contribution in [-0.2, 0) is 4.79 Å². The van der Waals surface area contributed by atoms with E-state index in [1.165, 1.54) is 4.90 Å². The third-order valence-corrected chi connectivity index (χ3v) is 3.42. The molecule has 2 atom stereocenters. The fraction of sp³-hybridized carbons (Fsp3) is 0.818. The Labute approximate surface area is 90.5 Å². The smallest absolute Gasteiger partial charge is 0.327 e. The Balaban J connectivity index is 2.77. The first-order valence-electron chi connectivity index (χ1n) is 5.56. The summed E-state index contributed by atoms with van der Waals surface area (Å²) in [4.78, 5) is 12.4. The van der Waals surface area contributed by atoms with E-state index in [2.05, 4.69) is 13.8 Å². The molecule has 0 aromatic heterocycles. The first-order chi connectivity index (χ1) is 7.15. The molecule has 0 aliphatic carbocycles. The van der Waals surface area contributed by atoms with E-state index in [0.29, 0.717) is 12.3 Å². The molecule has 4 heteroatoms. The fourth-order valence-electron chi connectivity index (χ4n) is 2.52. The second kappa shape index (κ2) is 5.01. The van der Waals surface area contributed by atoms with Gasteiger partial charge in [0.1, 0.15) is 6.04 Å². The molecule has 0 saturated carbocycles. The summed E-state index contributed by atoms with van der Waals surface area (Å²) in [5.74, 6) is -0.431. The lowest BCUT2D eigenvalue weighted by Crippen LogP contribution is -2.40. The average Bonchev–Trinajstić information content (AvgIpc) is 2.63. The molecule has 1 rings (SSSR count). The molecule has 0 radical (unpaired) electrons. The van der Waals surface area contributed by atoms with Gasteiger partial charge in [0.05, 0.1) is 0 Å². The van der Waals surface area contributed by atoms with Crippen LogP contribution in [0.3, 0.4) is 0 Å². The molecule has 0 amide bonds. The summed E-state index contributed by atoms with van der Waals surface area (Å²) in [5, 5.41) is 18.0. The van der Waals surface area contributed by atoms with Crippen LogP contribution in [0.1, 0.15) is 39.5 Å². The first kappa shape index (κ1) is 11.8. The van der Waals surface area contributed by atoms with Gasteiger partial charge in [-0.2, -0.15) is 5.26 Å². The standard InChI is InChI=1S/C11H18N2O2/c1-3-8(4-2)9-5-6-10(11(14)15)13(9)7-12/h8-10H,3-6H2,1-2H3,(H,14,15). The molecule has 1 N–H and O–H groups in total. The topological polar surface area (TPSA) is 64.3 Å². The van der Waals surface area contributed by atoms with E-state index in [1.54, 1.807) is 0 Å². The largest absolute Gasteiger partial charge is 0.480 e. The van der Waals surface area contributed by atoms with Crippen LogP contribution in [0.15, 0.2) is 0 Å². The number of hydrogen-bond acceptors (Lipinski definition) is 3. The van der Waals surface area contributed by atoms with Gasteiger partial charge >= 0.3 is 5.97 Å². The van der Waals surface area contributed by atoms with E-state index in [-0.39, 0.29) is 6.04 Å². The van der Waals surface area contributed by atoms with Crippen molar-refractivity contribution in [2.45, 2.75) is 51.6 Å². The predicted molar refractivity (Wildman–Crippen MR) is 56.0 cm³/mol. The van der Waals surface area contributed by atoms with Crippen LogP contribution >= 0.6 is 0 Å². The van der Waals surface area contributed by atoms with Crippen molar-refractivity contribution in [3.63, 3.8) is 0 Å². The molecular weight excluding hydrogens is 192 g/mol. The maximum absolute atomic E-state index is 10.9. The highest BCUT2D eigenvalue weighted by Gasteiger charge is 2.40. The Morgan fingerprint density at radius 3 is 2.53 bits per heavy atom. The van der Waals surface area contributed by atoms with Crippen LogP contribution in [0.25, 0.3) is 0 Å². The van der Waals surface area contributed by atoms with Gasteiger partial charge in [-0.05, 0) is 18.8 Å². The van der Waals surface area contributed by atoms with Crippen molar-refractivity contribution in [3.05, 3.63) is 0 Å². The highest BCUT2D eigenvalue weighted by molar-refractivity contribution is 5.74. The van der Waals surface area contributed by atoms with E-state index in [9.17, 15) is 4.79 Å². The molecule has 0 bridgehead atoms. The highest BCUT2D eigenvalue weighted by Crippen LogP contribution is 2.31. The number of likely N-dealkylation sites (tertiary alicyclic amines) is 1. The average molecular weight is 210 g/mol. The maximum Gasteiger partial charge on any atom is 0.327 e. The fourth-order valence-corrected chi connectivity index (χ4v) is 2.52. The van der Waals surface area contributed by atoms with Crippen LogP contribution in [0.4, 0.5) is 0 Å². The Hall–Kier alpha value is -1.24. The highest BCUT2D eigenvalue weighted by atomic mass is 16.4. The Kier molecular flexibility index (Phi) is 3.96. The zero-order valence-corrected chi connectivity index (χ0v) is 9.31. The van der Waals surface area contributed by atoms with E-state index in [0.717, 1.165) is 19.3 Å². The monoisotopic (exact) mass is 210 g/mol. The van der Waals surface area contributed by atoms with Crippen molar-refractivity contribution in [1.29, 1.82) is 5.26 Å². The number of nitrogens with zero attached hydrogens (tertiary/aromatic N) is 2. The number of carboxylic acids is 1. The van der Waals surface area contributed by atoms with Crippen LogP contribution in [0.2, 0.25) is 0 Å². The molecule has 84 valence electrons. The molecule has 1 aliphatic rings. The van der Waals surface area contributed by atoms with Gasteiger partial charge in [-0.3, -0.25) is 4.90 Å². The minimum absolute atomic E-state index is 0.131. The van der Waals surface area contributed by atoms with Crippen molar-refractivity contribution >= 4 is 5.97 Å². The Bertz CT molecular complexity index is 268. The van der Waals surface area contributed by atoms with Gasteiger partial charge < -0.3 is 5.11 Å².